The Balaban J connectivity index is 2.24. The van der Waals surface area contributed by atoms with Crippen LogP contribution in [0, 0.1) is 0 Å². The molecule has 1 aromatic rings. The monoisotopic (exact) mass is 265 g/mol. The van der Waals surface area contributed by atoms with Crippen molar-refractivity contribution in [2.75, 3.05) is 6.61 Å². The summed E-state index contributed by atoms with van der Waals surface area (Å²) < 4.78 is 7.23. The number of nitrogens with zero attached hydrogens (tertiary/aromatic N) is 3. The molecule has 0 aromatic carbocycles. The highest BCUT2D eigenvalue weighted by atomic mass is 16.5. The summed E-state index contributed by atoms with van der Waals surface area (Å²) in [6.07, 6.45) is 7.82. The first-order valence-electron chi connectivity index (χ1n) is 7.14. The first-order chi connectivity index (χ1) is 9.07. The van der Waals surface area contributed by atoms with Gasteiger partial charge in [0.15, 0.2) is 0 Å². The maximum absolute atomic E-state index is 12.1. The quantitative estimate of drug-likeness (QED) is 0.785. The molecule has 0 atom stereocenters. The van der Waals surface area contributed by atoms with E-state index < -0.39 is 5.41 Å². The minimum Gasteiger partial charge on any atom is -0.465 e. The Kier molecular flexibility index (Phi) is 4.22. The molecule has 5 nitrogen and oxygen atoms in total. The van der Waals surface area contributed by atoms with Crippen molar-refractivity contribution in [1.82, 2.24) is 14.8 Å². The fraction of sp³-hybridized carbons (Fsp3) is 0.786. The molecule has 0 saturated heterocycles. The third-order valence-corrected chi connectivity index (χ3v) is 3.89. The molecule has 1 aliphatic rings. The van der Waals surface area contributed by atoms with Crippen LogP contribution in [0.25, 0.3) is 0 Å². The van der Waals surface area contributed by atoms with Crippen LogP contribution in [0.2, 0.25) is 0 Å². The van der Waals surface area contributed by atoms with Gasteiger partial charge in [0, 0.05) is 6.04 Å². The Morgan fingerprint density at radius 2 is 2.11 bits per heavy atom. The lowest BCUT2D eigenvalue weighted by Gasteiger charge is -2.28. The van der Waals surface area contributed by atoms with E-state index in [1.165, 1.54) is 19.3 Å². The molecule has 1 heterocycles. The largest absolute Gasteiger partial charge is 0.465 e. The third kappa shape index (κ3) is 2.80. The number of esters is 1. The predicted octanol–water partition coefficient (Wildman–Crippen LogP) is 2.62. The van der Waals surface area contributed by atoms with Crippen LogP contribution in [-0.2, 0) is 14.9 Å². The van der Waals surface area contributed by atoms with Crippen molar-refractivity contribution < 1.29 is 9.53 Å². The summed E-state index contributed by atoms with van der Waals surface area (Å²) in [5, 5.41) is 8.19. The molecule has 0 N–H and O–H groups in total. The number of rotatable bonds is 4. The van der Waals surface area contributed by atoms with E-state index >= 15 is 0 Å². The molecule has 1 aromatic heterocycles. The average Bonchev–Trinajstić information content (AvgIpc) is 2.90. The van der Waals surface area contributed by atoms with Crippen molar-refractivity contribution >= 4 is 5.97 Å². The number of carbonyl (C=O) groups is 1. The molecular weight excluding hydrogens is 242 g/mol. The smallest absolute Gasteiger partial charge is 0.319 e. The van der Waals surface area contributed by atoms with Crippen LogP contribution < -0.4 is 0 Å². The standard InChI is InChI=1S/C14H23N3O2/c1-4-19-13(18)14(2,3)12-16-15-10-17(12)11-8-6-5-7-9-11/h10-11H,4-9H2,1-3H3. The molecule has 1 saturated carbocycles. The van der Waals surface area contributed by atoms with Gasteiger partial charge >= 0.3 is 5.97 Å². The molecule has 106 valence electrons. The molecule has 0 unspecified atom stereocenters. The lowest BCUT2D eigenvalue weighted by Crippen LogP contribution is -2.35. The minimum absolute atomic E-state index is 0.236. The Morgan fingerprint density at radius 3 is 2.74 bits per heavy atom. The Morgan fingerprint density at radius 1 is 1.42 bits per heavy atom. The predicted molar refractivity (Wildman–Crippen MR) is 71.8 cm³/mol. The number of ether oxygens (including phenoxy) is 1. The van der Waals surface area contributed by atoms with Crippen LogP contribution in [0.1, 0.15) is 64.7 Å². The molecule has 19 heavy (non-hydrogen) atoms. The summed E-state index contributed by atoms with van der Waals surface area (Å²) in [6, 6.07) is 0.424. The van der Waals surface area contributed by atoms with Gasteiger partial charge in [-0.25, -0.2) is 0 Å². The fourth-order valence-corrected chi connectivity index (χ4v) is 2.72. The molecule has 1 fully saturated rings. The highest BCUT2D eigenvalue weighted by Gasteiger charge is 2.37. The van der Waals surface area contributed by atoms with Gasteiger partial charge in [-0.05, 0) is 33.6 Å². The van der Waals surface area contributed by atoms with E-state index in [0.717, 1.165) is 18.7 Å². The summed E-state index contributed by atoms with van der Waals surface area (Å²) in [7, 11) is 0. The van der Waals surface area contributed by atoms with Gasteiger partial charge < -0.3 is 9.30 Å². The van der Waals surface area contributed by atoms with Crippen molar-refractivity contribution in [2.45, 2.75) is 64.3 Å². The zero-order valence-electron chi connectivity index (χ0n) is 12.1. The van der Waals surface area contributed by atoms with E-state index in [9.17, 15) is 4.79 Å². The van der Waals surface area contributed by atoms with E-state index in [0.29, 0.717) is 12.6 Å². The minimum atomic E-state index is -0.746. The molecule has 0 spiro atoms. The van der Waals surface area contributed by atoms with E-state index in [2.05, 4.69) is 14.8 Å². The number of carbonyl (C=O) groups excluding carboxylic acids is 1. The van der Waals surface area contributed by atoms with Crippen LogP contribution >= 0.6 is 0 Å². The van der Waals surface area contributed by atoms with E-state index in [1.54, 1.807) is 6.33 Å². The third-order valence-electron chi connectivity index (χ3n) is 3.89. The maximum Gasteiger partial charge on any atom is 0.319 e. The molecule has 2 rings (SSSR count). The topological polar surface area (TPSA) is 57.0 Å². The molecule has 0 bridgehead atoms. The molecule has 0 amide bonds. The molecule has 5 heteroatoms. The van der Waals surface area contributed by atoms with Crippen LogP contribution in [-0.4, -0.2) is 27.3 Å². The van der Waals surface area contributed by atoms with Gasteiger partial charge in [-0.1, -0.05) is 19.3 Å². The summed E-state index contributed by atoms with van der Waals surface area (Å²) in [5.74, 6) is 0.484. The lowest BCUT2D eigenvalue weighted by molar-refractivity contribution is -0.149. The van der Waals surface area contributed by atoms with Crippen molar-refractivity contribution in [3.8, 4) is 0 Å². The molecule has 0 radical (unpaired) electrons. The number of hydrogen-bond acceptors (Lipinski definition) is 4. The maximum atomic E-state index is 12.1. The van der Waals surface area contributed by atoms with Gasteiger partial charge in [0.1, 0.15) is 17.6 Å². The molecule has 1 aliphatic carbocycles. The van der Waals surface area contributed by atoms with Gasteiger partial charge in [0.05, 0.1) is 6.61 Å². The van der Waals surface area contributed by atoms with Crippen LogP contribution in [0.4, 0.5) is 0 Å². The van der Waals surface area contributed by atoms with Crippen molar-refractivity contribution in [1.29, 1.82) is 0 Å². The SMILES string of the molecule is CCOC(=O)C(C)(C)c1nncn1C1CCCCC1. The normalized spacial score (nSPS) is 17.4. The Bertz CT molecular complexity index is 434. The highest BCUT2D eigenvalue weighted by molar-refractivity contribution is 5.81. The van der Waals surface area contributed by atoms with Crippen molar-refractivity contribution in [3.05, 3.63) is 12.2 Å². The van der Waals surface area contributed by atoms with Gasteiger partial charge in [0.2, 0.25) is 0 Å². The average molecular weight is 265 g/mol. The highest BCUT2D eigenvalue weighted by Crippen LogP contribution is 2.32. The zero-order chi connectivity index (χ0) is 13.9. The lowest BCUT2D eigenvalue weighted by atomic mass is 9.90. The van der Waals surface area contributed by atoms with Gasteiger partial charge in [0.25, 0.3) is 0 Å². The van der Waals surface area contributed by atoms with Crippen LogP contribution in [0.5, 0.6) is 0 Å². The van der Waals surface area contributed by atoms with E-state index in [4.69, 9.17) is 4.74 Å². The molecular formula is C14H23N3O2. The van der Waals surface area contributed by atoms with Crippen molar-refractivity contribution in [2.24, 2.45) is 0 Å². The van der Waals surface area contributed by atoms with Crippen molar-refractivity contribution in [3.63, 3.8) is 0 Å². The van der Waals surface area contributed by atoms with Crippen LogP contribution in [0.15, 0.2) is 6.33 Å². The fourth-order valence-electron chi connectivity index (χ4n) is 2.72. The number of aromatic nitrogens is 3. The van der Waals surface area contributed by atoms with Gasteiger partial charge in [-0.3, -0.25) is 4.79 Å². The first-order valence-corrected chi connectivity index (χ1v) is 7.14. The Labute approximate surface area is 114 Å². The zero-order valence-corrected chi connectivity index (χ0v) is 12.1. The van der Waals surface area contributed by atoms with E-state index in [1.807, 2.05) is 20.8 Å². The van der Waals surface area contributed by atoms with Crippen LogP contribution in [0.3, 0.4) is 0 Å². The summed E-state index contributed by atoms with van der Waals surface area (Å²) >= 11 is 0. The summed E-state index contributed by atoms with van der Waals surface area (Å²) in [4.78, 5) is 12.1. The van der Waals surface area contributed by atoms with E-state index in [-0.39, 0.29) is 5.97 Å². The second-order valence-corrected chi connectivity index (χ2v) is 5.70. The second-order valence-electron chi connectivity index (χ2n) is 5.70. The first kappa shape index (κ1) is 14.0. The molecule has 0 aliphatic heterocycles. The summed E-state index contributed by atoms with van der Waals surface area (Å²) in [5.41, 5.74) is -0.746. The summed E-state index contributed by atoms with van der Waals surface area (Å²) in [6.45, 7) is 5.92. The van der Waals surface area contributed by atoms with Gasteiger partial charge in [-0.2, -0.15) is 0 Å². The Hall–Kier alpha value is -1.39. The number of hydrogen-bond donors (Lipinski definition) is 0. The van der Waals surface area contributed by atoms with Gasteiger partial charge in [-0.15, -0.1) is 10.2 Å². The second kappa shape index (κ2) is 5.72.